The third-order valence-electron chi connectivity index (χ3n) is 4.77. The minimum Gasteiger partial charge on any atom is -0.359 e. The highest BCUT2D eigenvalue weighted by Gasteiger charge is 2.23. The summed E-state index contributed by atoms with van der Waals surface area (Å²) in [5.41, 5.74) is 4.09. The summed E-state index contributed by atoms with van der Waals surface area (Å²) in [7, 11) is 3.60. The molecule has 3 aromatic heterocycles. The third-order valence-corrected chi connectivity index (χ3v) is 4.77. The topological polar surface area (TPSA) is 92.8 Å². The number of rotatable bonds is 5. The smallest absolute Gasteiger partial charge is 0.278 e. The van der Waals surface area contributed by atoms with Crippen LogP contribution < -0.4 is 10.5 Å². The van der Waals surface area contributed by atoms with Gasteiger partial charge < -0.3 is 9.42 Å². The number of H-pyrrole nitrogens is 1. The van der Waals surface area contributed by atoms with E-state index >= 15 is 0 Å². The minimum atomic E-state index is -0.223. The fraction of sp³-hybridized carbons (Fsp3) is 0.300. The maximum atomic E-state index is 12.7. The van der Waals surface area contributed by atoms with Crippen molar-refractivity contribution >= 4 is 22.7 Å². The van der Waals surface area contributed by atoms with Crippen LogP contribution >= 0.6 is 0 Å². The fourth-order valence-electron chi connectivity index (χ4n) is 3.45. The summed E-state index contributed by atoms with van der Waals surface area (Å²) in [4.78, 5) is 22.1. The Bertz CT molecular complexity index is 1190. The molecule has 8 nitrogen and oxygen atoms in total. The highest BCUT2D eigenvalue weighted by Crippen LogP contribution is 2.35. The maximum absolute atomic E-state index is 12.7. The molecule has 8 heteroatoms. The van der Waals surface area contributed by atoms with Gasteiger partial charge in [0.2, 0.25) is 5.95 Å². The van der Waals surface area contributed by atoms with E-state index in [-0.39, 0.29) is 5.56 Å². The first-order valence-corrected chi connectivity index (χ1v) is 9.22. The molecule has 4 aromatic rings. The van der Waals surface area contributed by atoms with Crippen molar-refractivity contribution in [1.29, 1.82) is 0 Å². The van der Waals surface area contributed by atoms with Crippen molar-refractivity contribution in [3.8, 4) is 11.3 Å². The molecule has 0 atom stereocenters. The molecule has 1 N–H and O–H groups in total. The lowest BCUT2D eigenvalue weighted by molar-refractivity contribution is 0.400. The van der Waals surface area contributed by atoms with Crippen LogP contribution in [0.2, 0.25) is 0 Å². The first kappa shape index (κ1) is 18.0. The zero-order chi connectivity index (χ0) is 19.8. The highest BCUT2D eigenvalue weighted by atomic mass is 16.5. The molecule has 0 unspecified atom stereocenters. The largest absolute Gasteiger partial charge is 0.359 e. The number of hydrogen-bond donors (Lipinski definition) is 1. The first-order chi connectivity index (χ1) is 13.5. The van der Waals surface area contributed by atoms with Crippen LogP contribution in [-0.2, 0) is 13.5 Å². The van der Waals surface area contributed by atoms with E-state index < -0.39 is 0 Å². The Morgan fingerprint density at radius 2 is 2.00 bits per heavy atom. The molecule has 0 amide bonds. The monoisotopic (exact) mass is 378 g/mol. The lowest BCUT2D eigenvalue weighted by Crippen LogP contribution is -2.20. The number of anilines is 2. The van der Waals surface area contributed by atoms with Gasteiger partial charge in [0.1, 0.15) is 16.9 Å². The molecule has 0 saturated carbocycles. The van der Waals surface area contributed by atoms with Gasteiger partial charge in [-0.15, -0.1) is 0 Å². The summed E-state index contributed by atoms with van der Waals surface area (Å²) in [6.45, 7) is 3.92. The molecule has 1 aromatic carbocycles. The Hall–Kier alpha value is -3.42. The molecule has 0 spiro atoms. The number of nitrogens with zero attached hydrogens (tertiary/aromatic N) is 5. The SMILES string of the molecule is CCCc1nn(C)c2c(=O)[nH]c(N(C)c3c(-c4ccccc4)noc3C)nc12. The molecule has 0 fully saturated rings. The van der Waals surface area contributed by atoms with Gasteiger partial charge >= 0.3 is 0 Å². The number of benzene rings is 1. The van der Waals surface area contributed by atoms with Gasteiger partial charge in [0, 0.05) is 19.7 Å². The summed E-state index contributed by atoms with van der Waals surface area (Å²) >= 11 is 0. The number of nitrogens with one attached hydrogen (secondary N) is 1. The fourth-order valence-corrected chi connectivity index (χ4v) is 3.45. The number of aromatic nitrogens is 5. The number of aromatic amines is 1. The van der Waals surface area contributed by atoms with E-state index in [1.165, 1.54) is 0 Å². The number of hydrogen-bond acceptors (Lipinski definition) is 6. The Balaban J connectivity index is 1.87. The predicted octanol–water partition coefficient (Wildman–Crippen LogP) is 3.34. The molecule has 3 heterocycles. The van der Waals surface area contributed by atoms with Gasteiger partial charge in [-0.1, -0.05) is 48.8 Å². The molecule has 0 aliphatic heterocycles. The quantitative estimate of drug-likeness (QED) is 0.572. The molecule has 0 radical (unpaired) electrons. The first-order valence-electron chi connectivity index (χ1n) is 9.22. The maximum Gasteiger partial charge on any atom is 0.278 e. The van der Waals surface area contributed by atoms with Crippen LogP contribution in [0.5, 0.6) is 0 Å². The van der Waals surface area contributed by atoms with Gasteiger partial charge in [0.15, 0.2) is 11.3 Å². The third kappa shape index (κ3) is 2.87. The summed E-state index contributed by atoms with van der Waals surface area (Å²) < 4.78 is 7.04. The van der Waals surface area contributed by atoms with Gasteiger partial charge in [0.05, 0.1) is 5.69 Å². The number of aryl methyl sites for hydroxylation is 3. The van der Waals surface area contributed by atoms with Crippen LogP contribution in [0.25, 0.3) is 22.3 Å². The zero-order valence-electron chi connectivity index (χ0n) is 16.4. The molecular formula is C20H22N6O2. The average molecular weight is 378 g/mol. The molecule has 144 valence electrons. The predicted molar refractivity (Wildman–Crippen MR) is 108 cm³/mol. The normalized spacial score (nSPS) is 11.3. The van der Waals surface area contributed by atoms with Gasteiger partial charge in [-0.3, -0.25) is 14.5 Å². The Morgan fingerprint density at radius 3 is 2.71 bits per heavy atom. The van der Waals surface area contributed by atoms with Gasteiger partial charge in [-0.05, 0) is 13.3 Å². The Morgan fingerprint density at radius 1 is 1.25 bits per heavy atom. The van der Waals surface area contributed by atoms with Crippen LogP contribution in [0.15, 0.2) is 39.6 Å². The van der Waals surface area contributed by atoms with E-state index in [9.17, 15) is 4.79 Å². The van der Waals surface area contributed by atoms with E-state index in [4.69, 9.17) is 9.51 Å². The van der Waals surface area contributed by atoms with Crippen LogP contribution in [0, 0.1) is 6.92 Å². The van der Waals surface area contributed by atoms with Crippen LogP contribution in [0.4, 0.5) is 11.6 Å². The number of fused-ring (bicyclic) bond motifs is 1. The lowest BCUT2D eigenvalue weighted by Gasteiger charge is -2.18. The van der Waals surface area contributed by atoms with E-state index in [1.807, 2.05) is 44.3 Å². The van der Waals surface area contributed by atoms with Crippen molar-refractivity contribution in [3.63, 3.8) is 0 Å². The van der Waals surface area contributed by atoms with E-state index in [1.54, 1.807) is 16.6 Å². The summed E-state index contributed by atoms with van der Waals surface area (Å²) in [6.07, 6.45) is 1.69. The highest BCUT2D eigenvalue weighted by molar-refractivity contribution is 5.82. The second-order valence-electron chi connectivity index (χ2n) is 6.77. The molecule has 0 aliphatic rings. The zero-order valence-corrected chi connectivity index (χ0v) is 16.4. The van der Waals surface area contributed by atoms with Crippen molar-refractivity contribution in [2.45, 2.75) is 26.7 Å². The van der Waals surface area contributed by atoms with Crippen molar-refractivity contribution in [2.75, 3.05) is 11.9 Å². The van der Waals surface area contributed by atoms with Crippen LogP contribution in [0.3, 0.4) is 0 Å². The summed E-state index contributed by atoms with van der Waals surface area (Å²) in [5.74, 6) is 1.07. The molecule has 0 aliphatic carbocycles. The molecular weight excluding hydrogens is 356 g/mol. The second-order valence-corrected chi connectivity index (χ2v) is 6.77. The van der Waals surface area contributed by atoms with Gasteiger partial charge in [-0.2, -0.15) is 5.10 Å². The lowest BCUT2D eigenvalue weighted by atomic mass is 10.1. The molecule has 0 bridgehead atoms. The van der Waals surface area contributed by atoms with Crippen LogP contribution in [0.1, 0.15) is 24.8 Å². The van der Waals surface area contributed by atoms with E-state index in [0.29, 0.717) is 28.4 Å². The Kier molecular flexibility index (Phi) is 4.46. The molecule has 4 rings (SSSR count). The van der Waals surface area contributed by atoms with Crippen LogP contribution in [-0.4, -0.2) is 32.0 Å². The summed E-state index contributed by atoms with van der Waals surface area (Å²) in [5, 5.41) is 8.69. The Labute approximate surface area is 161 Å². The van der Waals surface area contributed by atoms with Crippen molar-refractivity contribution in [2.24, 2.45) is 7.05 Å². The van der Waals surface area contributed by atoms with E-state index in [2.05, 4.69) is 22.2 Å². The van der Waals surface area contributed by atoms with Gasteiger partial charge in [-0.25, -0.2) is 4.98 Å². The van der Waals surface area contributed by atoms with Gasteiger partial charge in [0.25, 0.3) is 5.56 Å². The minimum absolute atomic E-state index is 0.223. The van der Waals surface area contributed by atoms with E-state index in [0.717, 1.165) is 29.8 Å². The van der Waals surface area contributed by atoms with Crippen molar-refractivity contribution < 1.29 is 4.52 Å². The van der Waals surface area contributed by atoms with Crippen molar-refractivity contribution in [1.82, 2.24) is 24.9 Å². The van der Waals surface area contributed by atoms with Crippen molar-refractivity contribution in [3.05, 3.63) is 52.1 Å². The molecule has 28 heavy (non-hydrogen) atoms. The average Bonchev–Trinajstić information content (AvgIpc) is 3.22. The molecule has 0 saturated heterocycles. The standard InChI is InChI=1S/C20H22N6O2/c1-5-9-14-16-18(26(4)23-14)19(27)22-20(21-16)25(3)17-12(2)28-24-15(17)13-10-7-6-8-11-13/h6-8,10-11H,5,9H2,1-4H3,(H,21,22,27). The summed E-state index contributed by atoms with van der Waals surface area (Å²) in [6, 6.07) is 9.78. The second kappa shape index (κ2) is 6.95.